The van der Waals surface area contributed by atoms with Crippen LogP contribution in [0.15, 0.2) is 54.6 Å². The standard InChI is InChI=1S/C21H23F3N2O6S.C2H6/c1-20(19(27)25-28,15-5-3-2-4-6-15)33(29)32-26-13-11-17(12-14-26)30-16-7-9-18(10-8-16)31-21(22,23)24;1-2/h2-10,17,28H,11-14H2,1H3,(H,25,27);1-2H3. The molecule has 2 N–H and O–H groups in total. The number of nitrogens with one attached hydrogen (secondary N) is 1. The summed E-state index contributed by atoms with van der Waals surface area (Å²) in [7, 11) is 0. The highest BCUT2D eigenvalue weighted by Gasteiger charge is 2.44. The largest absolute Gasteiger partial charge is 0.573 e. The highest BCUT2D eigenvalue weighted by atomic mass is 32.2. The summed E-state index contributed by atoms with van der Waals surface area (Å²) in [5, 5.41) is 10.6. The molecule has 0 bridgehead atoms. The Hall–Kier alpha value is -2.67. The molecule has 1 heterocycles. The fourth-order valence-corrected chi connectivity index (χ4v) is 4.29. The predicted molar refractivity (Wildman–Crippen MR) is 123 cm³/mol. The van der Waals surface area contributed by atoms with Crippen molar-refractivity contribution >= 4 is 17.0 Å². The average Bonchev–Trinajstić information content (AvgIpc) is 2.86. The van der Waals surface area contributed by atoms with E-state index in [1.54, 1.807) is 35.8 Å². The van der Waals surface area contributed by atoms with Gasteiger partial charge in [-0.1, -0.05) is 44.2 Å². The summed E-state index contributed by atoms with van der Waals surface area (Å²) < 4.78 is 63.3. The van der Waals surface area contributed by atoms with Crippen LogP contribution < -0.4 is 15.0 Å². The van der Waals surface area contributed by atoms with Crippen molar-refractivity contribution in [3.05, 3.63) is 60.2 Å². The van der Waals surface area contributed by atoms with Gasteiger partial charge in [0.25, 0.3) is 5.91 Å². The van der Waals surface area contributed by atoms with Gasteiger partial charge in [0.05, 0.1) is 0 Å². The Labute approximate surface area is 204 Å². The van der Waals surface area contributed by atoms with Gasteiger partial charge in [0.2, 0.25) is 0 Å². The normalized spacial score (nSPS) is 17.3. The number of carbonyl (C=O) groups excluding carboxylic acids is 1. The quantitative estimate of drug-likeness (QED) is 0.393. The zero-order chi connectivity index (χ0) is 26.1. The second-order valence-corrected chi connectivity index (χ2v) is 8.85. The Morgan fingerprint density at radius 3 is 2.09 bits per heavy atom. The summed E-state index contributed by atoms with van der Waals surface area (Å²) in [6.45, 7) is 6.10. The van der Waals surface area contributed by atoms with Crippen molar-refractivity contribution in [2.75, 3.05) is 13.1 Å². The molecule has 2 aromatic carbocycles. The molecule has 194 valence electrons. The second kappa shape index (κ2) is 12.9. The molecular formula is C23H29F3N2O6S. The first kappa shape index (κ1) is 28.6. The topological polar surface area (TPSA) is 97.3 Å². The highest BCUT2D eigenvalue weighted by Crippen LogP contribution is 2.31. The van der Waals surface area contributed by atoms with E-state index in [2.05, 4.69) is 4.74 Å². The summed E-state index contributed by atoms with van der Waals surface area (Å²) in [4.78, 5) is 12.3. The van der Waals surface area contributed by atoms with E-state index >= 15 is 0 Å². The number of hydroxylamine groups is 3. The molecule has 0 radical (unpaired) electrons. The van der Waals surface area contributed by atoms with Gasteiger partial charge in [0.1, 0.15) is 17.6 Å². The molecule has 12 heteroatoms. The van der Waals surface area contributed by atoms with Gasteiger partial charge in [-0.15, -0.1) is 13.2 Å². The summed E-state index contributed by atoms with van der Waals surface area (Å²) >= 11 is -2.15. The van der Waals surface area contributed by atoms with Crippen LogP contribution in [-0.2, 0) is 24.9 Å². The minimum absolute atomic E-state index is 0.228. The third kappa shape index (κ3) is 7.92. The van der Waals surface area contributed by atoms with E-state index in [9.17, 15) is 22.2 Å². The lowest BCUT2D eigenvalue weighted by molar-refractivity contribution is -0.274. The van der Waals surface area contributed by atoms with Crippen molar-refractivity contribution in [1.82, 2.24) is 10.5 Å². The molecule has 2 unspecified atom stereocenters. The molecule has 0 spiro atoms. The fourth-order valence-electron chi connectivity index (χ4n) is 3.27. The van der Waals surface area contributed by atoms with Crippen LogP contribution >= 0.6 is 0 Å². The molecule has 2 atom stereocenters. The van der Waals surface area contributed by atoms with Gasteiger partial charge in [-0.25, -0.2) is 9.69 Å². The number of ether oxygens (including phenoxy) is 2. The van der Waals surface area contributed by atoms with Crippen molar-refractivity contribution in [1.29, 1.82) is 0 Å². The van der Waals surface area contributed by atoms with Crippen LogP contribution in [0.25, 0.3) is 0 Å². The van der Waals surface area contributed by atoms with Crippen molar-refractivity contribution in [3.8, 4) is 11.5 Å². The zero-order valence-electron chi connectivity index (χ0n) is 19.6. The molecule has 0 aliphatic carbocycles. The maximum atomic E-state index is 13.0. The van der Waals surface area contributed by atoms with E-state index < -0.39 is 28.1 Å². The molecule has 1 amide bonds. The Balaban J connectivity index is 0.00000210. The summed E-state index contributed by atoms with van der Waals surface area (Å²) in [6.07, 6.45) is -4.00. The van der Waals surface area contributed by atoms with Gasteiger partial charge in [-0.2, -0.15) is 9.35 Å². The first-order valence-corrected chi connectivity index (χ1v) is 12.1. The molecule has 8 nitrogen and oxygen atoms in total. The van der Waals surface area contributed by atoms with Crippen LogP contribution in [-0.4, -0.2) is 45.9 Å². The van der Waals surface area contributed by atoms with Gasteiger partial charge in [0, 0.05) is 13.1 Å². The SMILES string of the molecule is CC.CC(C(=O)NO)(c1ccccc1)S(=O)ON1CCC(Oc2ccc(OC(F)(F)F)cc2)CC1. The van der Waals surface area contributed by atoms with Crippen LogP contribution in [0.2, 0.25) is 0 Å². The van der Waals surface area contributed by atoms with Crippen molar-refractivity contribution in [2.45, 2.75) is 50.8 Å². The van der Waals surface area contributed by atoms with Crippen LogP contribution in [0.3, 0.4) is 0 Å². The monoisotopic (exact) mass is 518 g/mol. The van der Waals surface area contributed by atoms with Crippen molar-refractivity contribution in [3.63, 3.8) is 0 Å². The molecule has 3 rings (SSSR count). The van der Waals surface area contributed by atoms with Gasteiger partial charge in [0.15, 0.2) is 15.8 Å². The summed E-state index contributed by atoms with van der Waals surface area (Å²) in [5.41, 5.74) is 1.96. The number of amides is 1. The predicted octanol–water partition coefficient (Wildman–Crippen LogP) is 4.47. The summed E-state index contributed by atoms with van der Waals surface area (Å²) in [5.74, 6) is -0.819. The Morgan fingerprint density at radius 2 is 1.57 bits per heavy atom. The lowest BCUT2D eigenvalue weighted by Crippen LogP contribution is -2.47. The van der Waals surface area contributed by atoms with Gasteiger partial charge in [-0.3, -0.25) is 10.0 Å². The highest BCUT2D eigenvalue weighted by molar-refractivity contribution is 7.82. The average molecular weight is 519 g/mol. The number of alkyl halides is 3. The molecule has 1 fully saturated rings. The van der Waals surface area contributed by atoms with E-state index in [0.29, 0.717) is 37.2 Å². The van der Waals surface area contributed by atoms with Gasteiger partial charge in [-0.05, 0) is 49.6 Å². The molecule has 0 aromatic heterocycles. The number of benzene rings is 2. The van der Waals surface area contributed by atoms with E-state index in [-0.39, 0.29) is 11.9 Å². The number of piperidine rings is 1. The minimum Gasteiger partial charge on any atom is -0.490 e. The Kier molecular flexibility index (Phi) is 10.5. The van der Waals surface area contributed by atoms with E-state index in [1.807, 2.05) is 13.8 Å². The summed E-state index contributed by atoms with van der Waals surface area (Å²) in [6, 6.07) is 13.4. The second-order valence-electron chi connectivity index (χ2n) is 7.41. The first-order valence-electron chi connectivity index (χ1n) is 11.0. The fraction of sp³-hybridized carbons (Fsp3) is 0.435. The van der Waals surface area contributed by atoms with E-state index in [0.717, 1.165) is 0 Å². The van der Waals surface area contributed by atoms with E-state index in [1.165, 1.54) is 36.3 Å². The third-order valence-corrected chi connectivity index (χ3v) is 6.56. The zero-order valence-corrected chi connectivity index (χ0v) is 20.4. The number of carbonyl (C=O) groups is 1. The number of hydrogen-bond acceptors (Lipinski definition) is 7. The molecule has 35 heavy (non-hydrogen) atoms. The smallest absolute Gasteiger partial charge is 0.490 e. The van der Waals surface area contributed by atoms with Crippen molar-refractivity contribution < 1.29 is 41.1 Å². The first-order chi connectivity index (χ1) is 16.6. The number of hydrogen-bond donors (Lipinski definition) is 2. The molecule has 1 saturated heterocycles. The molecule has 1 aliphatic rings. The number of halogens is 3. The van der Waals surface area contributed by atoms with Crippen LogP contribution in [0.4, 0.5) is 13.2 Å². The van der Waals surface area contributed by atoms with Gasteiger partial charge >= 0.3 is 6.36 Å². The molecule has 2 aromatic rings. The lowest BCUT2D eigenvalue weighted by atomic mass is 10.00. The van der Waals surface area contributed by atoms with Crippen LogP contribution in [0, 0.1) is 0 Å². The molecular weight excluding hydrogens is 489 g/mol. The third-order valence-electron chi connectivity index (χ3n) is 5.13. The van der Waals surface area contributed by atoms with Crippen LogP contribution in [0.5, 0.6) is 11.5 Å². The maximum absolute atomic E-state index is 13.0. The number of nitrogens with zero attached hydrogens (tertiary/aromatic N) is 1. The Bertz CT molecular complexity index is 954. The minimum atomic E-state index is -4.76. The van der Waals surface area contributed by atoms with Gasteiger partial charge < -0.3 is 9.47 Å². The number of rotatable bonds is 8. The Morgan fingerprint density at radius 1 is 1.03 bits per heavy atom. The lowest BCUT2D eigenvalue weighted by Gasteiger charge is -2.33. The molecule has 0 saturated carbocycles. The maximum Gasteiger partial charge on any atom is 0.573 e. The van der Waals surface area contributed by atoms with Crippen molar-refractivity contribution in [2.24, 2.45) is 0 Å². The molecule has 1 aliphatic heterocycles. The van der Waals surface area contributed by atoms with Crippen LogP contribution in [0.1, 0.15) is 39.2 Å². The van der Waals surface area contributed by atoms with E-state index in [4.69, 9.17) is 14.2 Å².